The fourth-order valence-corrected chi connectivity index (χ4v) is 2.51. The molecule has 0 amide bonds. The molecule has 1 aromatic heterocycles. The number of rotatable bonds is 1. The highest BCUT2D eigenvalue weighted by atomic mass is 19.1. The second-order valence-electron chi connectivity index (χ2n) is 4.88. The molecule has 0 atom stereocenters. The Bertz CT molecular complexity index is 800. The molecule has 0 aliphatic carbocycles. The summed E-state index contributed by atoms with van der Waals surface area (Å²) in [4.78, 5) is 0. The molecule has 3 heteroatoms. The van der Waals surface area contributed by atoms with Gasteiger partial charge in [0.25, 0.3) is 0 Å². The van der Waals surface area contributed by atoms with E-state index in [0.717, 1.165) is 12.0 Å². The number of furan rings is 1. The van der Waals surface area contributed by atoms with Gasteiger partial charge in [0.15, 0.2) is 22.8 Å². The van der Waals surface area contributed by atoms with Gasteiger partial charge in [-0.3, -0.25) is 0 Å². The van der Waals surface area contributed by atoms with Gasteiger partial charge < -0.3 is 4.42 Å². The summed E-state index contributed by atoms with van der Waals surface area (Å²) in [6.07, 6.45) is 0.736. The summed E-state index contributed by atoms with van der Waals surface area (Å²) < 4.78 is 33.8. The molecule has 0 unspecified atom stereocenters. The Kier molecular flexibility index (Phi) is 2.59. The highest BCUT2D eigenvalue weighted by Crippen LogP contribution is 2.35. The Morgan fingerprint density at radius 3 is 2.37 bits per heavy atom. The van der Waals surface area contributed by atoms with Crippen LogP contribution in [-0.2, 0) is 6.42 Å². The first-order chi connectivity index (χ1) is 9.04. The van der Waals surface area contributed by atoms with Gasteiger partial charge >= 0.3 is 0 Å². The van der Waals surface area contributed by atoms with Crippen LogP contribution in [0.15, 0.2) is 22.6 Å². The van der Waals surface area contributed by atoms with Crippen LogP contribution in [0.25, 0.3) is 21.9 Å². The predicted octanol–water partition coefficient (Wildman–Crippen LogP) is 5.04. The zero-order chi connectivity index (χ0) is 13.7. The van der Waals surface area contributed by atoms with Crippen molar-refractivity contribution < 1.29 is 13.2 Å². The van der Waals surface area contributed by atoms with E-state index in [2.05, 4.69) is 0 Å². The number of halogens is 2. The van der Waals surface area contributed by atoms with Crippen molar-refractivity contribution in [1.29, 1.82) is 0 Å². The van der Waals surface area contributed by atoms with E-state index in [0.29, 0.717) is 21.9 Å². The summed E-state index contributed by atoms with van der Waals surface area (Å²) >= 11 is 0. The van der Waals surface area contributed by atoms with Gasteiger partial charge in [-0.25, -0.2) is 8.78 Å². The Labute approximate surface area is 109 Å². The molecule has 3 aromatic rings. The standard InChI is InChI=1S/C16H14F2O/c1-4-10-7-12-11-6-5-8(2)13(17)15(11)19-16(12)14(18)9(10)3/h5-7H,4H2,1-3H3. The van der Waals surface area contributed by atoms with Crippen LogP contribution in [-0.4, -0.2) is 0 Å². The van der Waals surface area contributed by atoms with E-state index in [1.165, 1.54) is 0 Å². The largest absolute Gasteiger partial charge is 0.450 e. The second kappa shape index (κ2) is 4.05. The van der Waals surface area contributed by atoms with Gasteiger partial charge in [0.1, 0.15) is 0 Å². The van der Waals surface area contributed by atoms with E-state index in [-0.39, 0.29) is 17.0 Å². The van der Waals surface area contributed by atoms with Crippen molar-refractivity contribution in [3.8, 4) is 0 Å². The Morgan fingerprint density at radius 1 is 1.00 bits per heavy atom. The maximum atomic E-state index is 14.3. The van der Waals surface area contributed by atoms with Gasteiger partial charge in [0.05, 0.1) is 0 Å². The van der Waals surface area contributed by atoms with Crippen LogP contribution in [0.1, 0.15) is 23.6 Å². The molecule has 19 heavy (non-hydrogen) atoms. The third kappa shape index (κ3) is 1.57. The van der Waals surface area contributed by atoms with Gasteiger partial charge in [-0.05, 0) is 43.0 Å². The number of benzene rings is 2. The average Bonchev–Trinajstić information content (AvgIpc) is 2.77. The van der Waals surface area contributed by atoms with Crippen LogP contribution >= 0.6 is 0 Å². The average molecular weight is 260 g/mol. The van der Waals surface area contributed by atoms with Gasteiger partial charge in [0, 0.05) is 10.8 Å². The molecular formula is C16H14F2O. The van der Waals surface area contributed by atoms with Gasteiger partial charge in [0.2, 0.25) is 0 Å². The molecule has 0 saturated carbocycles. The van der Waals surface area contributed by atoms with Crippen molar-refractivity contribution in [2.45, 2.75) is 27.2 Å². The molecule has 2 aromatic carbocycles. The zero-order valence-corrected chi connectivity index (χ0v) is 11.1. The van der Waals surface area contributed by atoms with E-state index in [1.54, 1.807) is 26.0 Å². The van der Waals surface area contributed by atoms with Crippen molar-refractivity contribution in [2.75, 3.05) is 0 Å². The van der Waals surface area contributed by atoms with E-state index in [9.17, 15) is 8.78 Å². The van der Waals surface area contributed by atoms with Gasteiger partial charge in [-0.1, -0.05) is 19.1 Å². The van der Waals surface area contributed by atoms with Crippen molar-refractivity contribution >= 4 is 21.9 Å². The smallest absolute Gasteiger partial charge is 0.171 e. The second-order valence-corrected chi connectivity index (χ2v) is 4.88. The predicted molar refractivity (Wildman–Crippen MR) is 72.5 cm³/mol. The summed E-state index contributed by atoms with van der Waals surface area (Å²) in [5, 5.41) is 1.28. The normalized spacial score (nSPS) is 11.6. The minimum absolute atomic E-state index is 0.140. The lowest BCUT2D eigenvalue weighted by molar-refractivity contribution is 0.551. The molecule has 1 heterocycles. The number of aryl methyl sites for hydroxylation is 2. The molecule has 0 N–H and O–H groups in total. The van der Waals surface area contributed by atoms with Crippen LogP contribution in [0.3, 0.4) is 0 Å². The van der Waals surface area contributed by atoms with Crippen molar-refractivity contribution in [2.24, 2.45) is 0 Å². The highest BCUT2D eigenvalue weighted by molar-refractivity contribution is 6.05. The van der Waals surface area contributed by atoms with Gasteiger partial charge in [-0.15, -0.1) is 0 Å². The van der Waals surface area contributed by atoms with Crippen molar-refractivity contribution in [3.05, 3.63) is 46.5 Å². The Balaban J connectivity index is 2.54. The molecule has 1 nitrogen and oxygen atoms in total. The monoisotopic (exact) mass is 260 g/mol. The lowest BCUT2D eigenvalue weighted by Crippen LogP contribution is -1.91. The lowest BCUT2D eigenvalue weighted by Gasteiger charge is -2.04. The number of fused-ring (bicyclic) bond motifs is 3. The van der Waals surface area contributed by atoms with Crippen LogP contribution < -0.4 is 0 Å². The van der Waals surface area contributed by atoms with E-state index >= 15 is 0 Å². The van der Waals surface area contributed by atoms with Crippen LogP contribution in [0, 0.1) is 25.5 Å². The lowest BCUT2D eigenvalue weighted by atomic mass is 10.0. The summed E-state index contributed by atoms with van der Waals surface area (Å²) in [5.74, 6) is -0.800. The first-order valence-corrected chi connectivity index (χ1v) is 6.33. The Hall–Kier alpha value is -1.90. The number of hydrogen-bond acceptors (Lipinski definition) is 1. The summed E-state index contributed by atoms with van der Waals surface area (Å²) in [5.41, 5.74) is 2.29. The van der Waals surface area contributed by atoms with Crippen LogP contribution in [0.4, 0.5) is 8.78 Å². The van der Waals surface area contributed by atoms with Crippen molar-refractivity contribution in [1.82, 2.24) is 0 Å². The maximum Gasteiger partial charge on any atom is 0.171 e. The fraction of sp³-hybridized carbons (Fsp3) is 0.250. The summed E-state index contributed by atoms with van der Waals surface area (Å²) in [6.45, 7) is 5.37. The first kappa shape index (κ1) is 12.2. The molecule has 98 valence electrons. The molecule has 0 fully saturated rings. The van der Waals surface area contributed by atoms with Crippen LogP contribution in [0.2, 0.25) is 0 Å². The third-order valence-corrected chi connectivity index (χ3v) is 3.74. The van der Waals surface area contributed by atoms with E-state index in [4.69, 9.17) is 4.42 Å². The third-order valence-electron chi connectivity index (χ3n) is 3.74. The van der Waals surface area contributed by atoms with Crippen LogP contribution in [0.5, 0.6) is 0 Å². The molecule has 0 aliphatic rings. The zero-order valence-electron chi connectivity index (χ0n) is 11.1. The Morgan fingerprint density at radius 2 is 1.68 bits per heavy atom. The fourth-order valence-electron chi connectivity index (χ4n) is 2.51. The SMILES string of the molecule is CCc1cc2c(oc3c(F)c(C)ccc32)c(F)c1C. The quantitative estimate of drug-likeness (QED) is 0.597. The minimum atomic E-state index is -0.413. The number of hydrogen-bond donors (Lipinski definition) is 0. The van der Waals surface area contributed by atoms with E-state index in [1.807, 2.05) is 13.0 Å². The molecule has 0 aliphatic heterocycles. The maximum absolute atomic E-state index is 14.3. The molecule has 0 radical (unpaired) electrons. The molecule has 0 bridgehead atoms. The van der Waals surface area contributed by atoms with Gasteiger partial charge in [-0.2, -0.15) is 0 Å². The molecule has 3 rings (SSSR count). The van der Waals surface area contributed by atoms with Crippen molar-refractivity contribution in [3.63, 3.8) is 0 Å². The minimum Gasteiger partial charge on any atom is -0.450 e. The summed E-state index contributed by atoms with van der Waals surface area (Å²) in [6, 6.07) is 5.37. The molecule has 0 saturated heterocycles. The highest BCUT2D eigenvalue weighted by Gasteiger charge is 2.18. The molecule has 0 spiro atoms. The summed E-state index contributed by atoms with van der Waals surface area (Å²) in [7, 11) is 0. The molecular weight excluding hydrogens is 246 g/mol. The van der Waals surface area contributed by atoms with E-state index < -0.39 is 5.82 Å². The first-order valence-electron chi connectivity index (χ1n) is 6.33. The topological polar surface area (TPSA) is 13.1 Å².